The van der Waals surface area contributed by atoms with Gasteiger partial charge in [-0.2, -0.15) is 10.1 Å². The molecule has 4 aromatic rings. The molecule has 5 rings (SSSR count). The number of nitrogens with zero attached hydrogens (tertiary/aromatic N) is 3. The number of benzene rings is 3. The zero-order valence-electron chi connectivity index (χ0n) is 14.8. The second-order valence-corrected chi connectivity index (χ2v) is 6.55. The lowest BCUT2D eigenvalue weighted by atomic mass is 10.1. The minimum Gasteiger partial charge on any atom is -0.508 e. The zero-order valence-corrected chi connectivity index (χ0v) is 14.8. The van der Waals surface area contributed by atoms with Crippen molar-refractivity contribution < 1.29 is 5.11 Å². The highest BCUT2D eigenvalue weighted by Gasteiger charge is 2.29. The van der Waals surface area contributed by atoms with Gasteiger partial charge in [-0.15, -0.1) is 0 Å². The Morgan fingerprint density at radius 3 is 2.43 bits per heavy atom. The van der Waals surface area contributed by atoms with Crippen molar-refractivity contribution >= 4 is 5.69 Å². The van der Waals surface area contributed by atoms with E-state index < -0.39 is 6.17 Å². The topological polar surface area (TPSA) is 80.0 Å². The highest BCUT2D eigenvalue weighted by molar-refractivity contribution is 5.76. The van der Waals surface area contributed by atoms with Crippen LogP contribution in [0.1, 0.15) is 11.7 Å². The van der Waals surface area contributed by atoms with E-state index in [2.05, 4.69) is 15.4 Å². The van der Waals surface area contributed by atoms with Crippen LogP contribution in [0.5, 0.6) is 5.75 Å². The van der Waals surface area contributed by atoms with E-state index in [0.29, 0.717) is 17.0 Å². The molecule has 0 bridgehead atoms. The molecular formula is C22H16N4O2. The van der Waals surface area contributed by atoms with E-state index in [0.717, 1.165) is 11.3 Å². The first-order valence-electron chi connectivity index (χ1n) is 8.92. The second-order valence-electron chi connectivity index (χ2n) is 6.55. The quantitative estimate of drug-likeness (QED) is 0.565. The molecule has 0 amide bonds. The molecule has 6 heteroatoms. The van der Waals surface area contributed by atoms with Gasteiger partial charge in [0.25, 0.3) is 5.56 Å². The van der Waals surface area contributed by atoms with Crippen LogP contribution in [-0.4, -0.2) is 19.9 Å². The number of hydrogen-bond acceptors (Lipinski definition) is 5. The molecule has 28 heavy (non-hydrogen) atoms. The Balaban J connectivity index is 1.79. The van der Waals surface area contributed by atoms with E-state index in [4.69, 9.17) is 0 Å². The average molecular weight is 368 g/mol. The molecule has 1 aromatic heterocycles. The van der Waals surface area contributed by atoms with Gasteiger partial charge in [0, 0.05) is 22.4 Å². The standard InChI is InChI=1S/C22H16N4O2/c27-18-13-7-5-11-16(18)21-23-17-12-6-4-10-15(17)20-24-22(28)19(25-26(20)21)14-8-2-1-3-9-14/h1-13,21,23,27H. The zero-order chi connectivity index (χ0) is 19.1. The van der Waals surface area contributed by atoms with E-state index in [1.54, 1.807) is 16.8 Å². The monoisotopic (exact) mass is 368 g/mol. The fourth-order valence-electron chi connectivity index (χ4n) is 3.48. The van der Waals surface area contributed by atoms with Gasteiger partial charge < -0.3 is 10.4 Å². The molecule has 0 saturated heterocycles. The first-order chi connectivity index (χ1) is 13.7. The number of para-hydroxylation sites is 2. The van der Waals surface area contributed by atoms with Crippen LogP contribution in [0.15, 0.2) is 83.7 Å². The highest BCUT2D eigenvalue weighted by atomic mass is 16.3. The van der Waals surface area contributed by atoms with Crippen LogP contribution in [0, 0.1) is 0 Å². The van der Waals surface area contributed by atoms with Gasteiger partial charge in [-0.3, -0.25) is 4.79 Å². The number of hydrogen-bond donors (Lipinski definition) is 2. The third-order valence-electron chi connectivity index (χ3n) is 4.82. The lowest BCUT2D eigenvalue weighted by Gasteiger charge is -2.30. The van der Waals surface area contributed by atoms with Gasteiger partial charge in [-0.1, -0.05) is 60.7 Å². The van der Waals surface area contributed by atoms with Crippen LogP contribution in [0.25, 0.3) is 22.6 Å². The Hall–Kier alpha value is -3.93. The van der Waals surface area contributed by atoms with Gasteiger partial charge >= 0.3 is 0 Å². The lowest BCUT2D eigenvalue weighted by molar-refractivity contribution is 0.450. The number of aromatic hydroxyl groups is 1. The molecule has 0 aliphatic carbocycles. The minimum atomic E-state index is -0.498. The van der Waals surface area contributed by atoms with Crippen LogP contribution in [0.2, 0.25) is 0 Å². The molecule has 0 spiro atoms. The van der Waals surface area contributed by atoms with Crippen molar-refractivity contribution in [1.29, 1.82) is 0 Å². The van der Waals surface area contributed by atoms with E-state index >= 15 is 0 Å². The van der Waals surface area contributed by atoms with Gasteiger partial charge in [-0.05, 0) is 18.2 Å². The first-order valence-corrected chi connectivity index (χ1v) is 8.92. The van der Waals surface area contributed by atoms with Crippen LogP contribution in [-0.2, 0) is 0 Å². The van der Waals surface area contributed by atoms with Crippen LogP contribution < -0.4 is 10.9 Å². The number of aromatic nitrogens is 3. The lowest BCUT2D eigenvalue weighted by Crippen LogP contribution is -2.32. The number of phenols is 1. The van der Waals surface area contributed by atoms with Gasteiger partial charge in [0.2, 0.25) is 0 Å². The Kier molecular flexibility index (Phi) is 3.69. The summed E-state index contributed by atoms with van der Waals surface area (Å²) in [7, 11) is 0. The SMILES string of the molecule is O=c1nc2n(nc1-c1ccccc1)C(c1ccccc1O)Nc1ccccc1-2. The summed E-state index contributed by atoms with van der Waals surface area (Å²) in [4.78, 5) is 17.1. The molecule has 2 heterocycles. The molecule has 1 unspecified atom stereocenters. The third kappa shape index (κ3) is 2.54. The molecule has 2 N–H and O–H groups in total. The van der Waals surface area contributed by atoms with Gasteiger partial charge in [0.1, 0.15) is 5.75 Å². The van der Waals surface area contributed by atoms with E-state index in [-0.39, 0.29) is 17.0 Å². The molecule has 6 nitrogen and oxygen atoms in total. The average Bonchev–Trinajstić information content (AvgIpc) is 2.74. The summed E-state index contributed by atoms with van der Waals surface area (Å²) in [6, 6.07) is 23.9. The Morgan fingerprint density at radius 1 is 0.893 bits per heavy atom. The number of nitrogens with one attached hydrogen (secondary N) is 1. The fourth-order valence-corrected chi connectivity index (χ4v) is 3.48. The summed E-state index contributed by atoms with van der Waals surface area (Å²) in [6.45, 7) is 0. The fraction of sp³-hybridized carbons (Fsp3) is 0.0455. The molecule has 1 aliphatic heterocycles. The first kappa shape index (κ1) is 16.3. The maximum Gasteiger partial charge on any atom is 0.300 e. The van der Waals surface area contributed by atoms with Gasteiger partial charge in [0.15, 0.2) is 17.7 Å². The molecule has 0 saturated carbocycles. The van der Waals surface area contributed by atoms with Crippen molar-refractivity contribution in [2.75, 3.05) is 5.32 Å². The summed E-state index contributed by atoms with van der Waals surface area (Å²) in [5.74, 6) is 0.611. The van der Waals surface area contributed by atoms with Crippen LogP contribution in [0.4, 0.5) is 5.69 Å². The number of fused-ring (bicyclic) bond motifs is 3. The van der Waals surface area contributed by atoms with Crippen molar-refractivity contribution in [3.05, 3.63) is 94.8 Å². The van der Waals surface area contributed by atoms with Crippen molar-refractivity contribution in [2.24, 2.45) is 0 Å². The maximum absolute atomic E-state index is 12.8. The van der Waals surface area contributed by atoms with Crippen LogP contribution in [0.3, 0.4) is 0 Å². The summed E-state index contributed by atoms with van der Waals surface area (Å²) in [5, 5.41) is 18.5. The third-order valence-corrected chi connectivity index (χ3v) is 4.82. The van der Waals surface area contributed by atoms with Crippen LogP contribution >= 0.6 is 0 Å². The number of rotatable bonds is 2. The predicted molar refractivity (Wildman–Crippen MR) is 107 cm³/mol. The molecule has 3 aromatic carbocycles. The molecule has 1 aliphatic rings. The summed E-state index contributed by atoms with van der Waals surface area (Å²) in [5.41, 5.74) is 2.85. The maximum atomic E-state index is 12.8. The molecule has 136 valence electrons. The largest absolute Gasteiger partial charge is 0.508 e. The van der Waals surface area contributed by atoms with Crippen molar-refractivity contribution in [1.82, 2.24) is 14.8 Å². The number of phenolic OH excluding ortho intramolecular Hbond substituents is 1. The Bertz CT molecular complexity index is 1230. The molecule has 0 fully saturated rings. The van der Waals surface area contributed by atoms with Gasteiger partial charge in [0.05, 0.1) is 0 Å². The normalized spacial score (nSPS) is 14.6. The van der Waals surface area contributed by atoms with Gasteiger partial charge in [-0.25, -0.2) is 4.68 Å². The van der Waals surface area contributed by atoms with Crippen molar-refractivity contribution in [3.63, 3.8) is 0 Å². The van der Waals surface area contributed by atoms with E-state index in [9.17, 15) is 9.90 Å². The van der Waals surface area contributed by atoms with E-state index in [1.807, 2.05) is 66.7 Å². The molecular weight excluding hydrogens is 352 g/mol. The summed E-state index contributed by atoms with van der Waals surface area (Å²) in [6.07, 6.45) is -0.498. The molecule has 1 atom stereocenters. The summed E-state index contributed by atoms with van der Waals surface area (Å²) < 4.78 is 1.67. The van der Waals surface area contributed by atoms with Crippen molar-refractivity contribution in [2.45, 2.75) is 6.17 Å². The number of anilines is 1. The summed E-state index contributed by atoms with van der Waals surface area (Å²) >= 11 is 0. The Labute approximate surface area is 160 Å². The second kappa shape index (κ2) is 6.35. The van der Waals surface area contributed by atoms with E-state index in [1.165, 1.54) is 0 Å². The molecule has 0 radical (unpaired) electrons. The smallest absolute Gasteiger partial charge is 0.300 e. The highest BCUT2D eigenvalue weighted by Crippen LogP contribution is 2.38. The van der Waals surface area contributed by atoms with Crippen molar-refractivity contribution in [3.8, 4) is 28.4 Å². The minimum absolute atomic E-state index is 0.145. The Morgan fingerprint density at radius 2 is 1.61 bits per heavy atom. The predicted octanol–water partition coefficient (Wildman–Crippen LogP) is 3.65.